The molecular formula is C13H28N2O2. The van der Waals surface area contributed by atoms with E-state index >= 15 is 0 Å². The first-order valence-electron chi connectivity index (χ1n) is 6.83. The second-order valence-electron chi connectivity index (χ2n) is 4.76. The number of methoxy groups -OCH3 is 1. The zero-order chi connectivity index (χ0) is 12.5. The number of rotatable bonds is 9. The summed E-state index contributed by atoms with van der Waals surface area (Å²) < 4.78 is 10.7. The van der Waals surface area contributed by atoms with E-state index in [1.54, 1.807) is 7.11 Å². The van der Waals surface area contributed by atoms with Gasteiger partial charge in [-0.1, -0.05) is 6.92 Å². The molecule has 0 radical (unpaired) electrons. The molecule has 4 nitrogen and oxygen atoms in total. The molecule has 1 rings (SSSR count). The number of hydrogen-bond acceptors (Lipinski definition) is 4. The van der Waals surface area contributed by atoms with Crippen LogP contribution in [0, 0.1) is 0 Å². The molecule has 1 aliphatic heterocycles. The topological polar surface area (TPSA) is 33.7 Å². The molecule has 4 heteroatoms. The lowest BCUT2D eigenvalue weighted by molar-refractivity contribution is 0.103. The molecule has 0 aliphatic carbocycles. The molecule has 1 N–H and O–H groups in total. The molecule has 1 fully saturated rings. The van der Waals surface area contributed by atoms with E-state index < -0.39 is 0 Å². The summed E-state index contributed by atoms with van der Waals surface area (Å²) in [7, 11) is 1.76. The molecular weight excluding hydrogens is 216 g/mol. The highest BCUT2D eigenvalue weighted by atomic mass is 16.5. The Morgan fingerprint density at radius 2 is 2.35 bits per heavy atom. The molecule has 1 aliphatic rings. The van der Waals surface area contributed by atoms with Gasteiger partial charge in [0.1, 0.15) is 0 Å². The van der Waals surface area contributed by atoms with Gasteiger partial charge in [-0.05, 0) is 26.3 Å². The number of ether oxygens (including phenoxy) is 2. The highest BCUT2D eigenvalue weighted by Crippen LogP contribution is 2.10. The second-order valence-corrected chi connectivity index (χ2v) is 4.76. The lowest BCUT2D eigenvalue weighted by Crippen LogP contribution is -2.43. The van der Waals surface area contributed by atoms with Gasteiger partial charge in [0.2, 0.25) is 0 Å². The average molecular weight is 244 g/mol. The van der Waals surface area contributed by atoms with Crippen molar-refractivity contribution in [2.75, 3.05) is 46.5 Å². The third-order valence-electron chi connectivity index (χ3n) is 3.45. The van der Waals surface area contributed by atoms with Gasteiger partial charge >= 0.3 is 0 Å². The van der Waals surface area contributed by atoms with Gasteiger partial charge in [0.25, 0.3) is 0 Å². The minimum absolute atomic E-state index is 0.441. The summed E-state index contributed by atoms with van der Waals surface area (Å²) in [6.07, 6.45) is 2.87. The molecule has 1 saturated heterocycles. The summed E-state index contributed by atoms with van der Waals surface area (Å²) >= 11 is 0. The monoisotopic (exact) mass is 244 g/mol. The Labute approximate surface area is 106 Å². The molecule has 0 spiro atoms. The fourth-order valence-corrected chi connectivity index (χ4v) is 2.29. The van der Waals surface area contributed by atoms with E-state index in [1.165, 1.54) is 12.8 Å². The van der Waals surface area contributed by atoms with E-state index in [0.29, 0.717) is 12.1 Å². The fraction of sp³-hybridized carbons (Fsp3) is 1.00. The highest BCUT2D eigenvalue weighted by molar-refractivity contribution is 4.72. The van der Waals surface area contributed by atoms with Crippen molar-refractivity contribution in [2.45, 2.75) is 38.8 Å². The van der Waals surface area contributed by atoms with Crippen molar-refractivity contribution in [3.63, 3.8) is 0 Å². The van der Waals surface area contributed by atoms with Crippen molar-refractivity contribution in [1.29, 1.82) is 0 Å². The maximum absolute atomic E-state index is 5.59. The molecule has 0 bridgehead atoms. The van der Waals surface area contributed by atoms with Gasteiger partial charge in [-0.3, -0.25) is 4.90 Å². The summed E-state index contributed by atoms with van der Waals surface area (Å²) in [5, 5.41) is 3.51. The van der Waals surface area contributed by atoms with Crippen molar-refractivity contribution >= 4 is 0 Å². The lowest BCUT2D eigenvalue weighted by Gasteiger charge is -2.28. The zero-order valence-corrected chi connectivity index (χ0v) is 11.6. The lowest BCUT2D eigenvalue weighted by atomic mass is 10.2. The zero-order valence-electron chi connectivity index (χ0n) is 11.6. The van der Waals surface area contributed by atoms with Gasteiger partial charge in [-0.25, -0.2) is 0 Å². The van der Waals surface area contributed by atoms with E-state index in [4.69, 9.17) is 9.47 Å². The van der Waals surface area contributed by atoms with Gasteiger partial charge in [0.15, 0.2) is 0 Å². The summed E-state index contributed by atoms with van der Waals surface area (Å²) in [6, 6.07) is 0.552. The van der Waals surface area contributed by atoms with Crippen LogP contribution in [0.3, 0.4) is 0 Å². The third kappa shape index (κ3) is 5.82. The van der Waals surface area contributed by atoms with Crippen LogP contribution in [0.5, 0.6) is 0 Å². The van der Waals surface area contributed by atoms with E-state index in [2.05, 4.69) is 24.1 Å². The Bertz CT molecular complexity index is 184. The maximum atomic E-state index is 5.59. The standard InChI is InChI=1S/C13H28N2O2/c1-4-15(7-9-16-3)12(2)10-14-11-13-6-5-8-17-13/h12-14H,4-11H2,1-3H3. The summed E-state index contributed by atoms with van der Waals surface area (Å²) in [6.45, 7) is 10.3. The Balaban J connectivity index is 2.10. The van der Waals surface area contributed by atoms with Crippen LogP contribution in [0.15, 0.2) is 0 Å². The van der Waals surface area contributed by atoms with E-state index in [0.717, 1.165) is 39.4 Å². The highest BCUT2D eigenvalue weighted by Gasteiger charge is 2.16. The van der Waals surface area contributed by atoms with Crippen molar-refractivity contribution in [1.82, 2.24) is 10.2 Å². The van der Waals surface area contributed by atoms with Crippen LogP contribution in [-0.4, -0.2) is 63.5 Å². The maximum Gasteiger partial charge on any atom is 0.0700 e. The normalized spacial score (nSPS) is 22.2. The number of likely N-dealkylation sites (N-methyl/N-ethyl adjacent to an activating group) is 1. The SMILES string of the molecule is CCN(CCOC)C(C)CNCC1CCCO1. The molecule has 17 heavy (non-hydrogen) atoms. The number of hydrogen-bond donors (Lipinski definition) is 1. The quantitative estimate of drug-likeness (QED) is 0.659. The van der Waals surface area contributed by atoms with Gasteiger partial charge in [0.05, 0.1) is 12.7 Å². The first kappa shape index (κ1) is 14.9. The Kier molecular flexibility index (Phi) is 7.77. The van der Waals surface area contributed by atoms with E-state index in [9.17, 15) is 0 Å². The third-order valence-corrected chi connectivity index (χ3v) is 3.45. The van der Waals surface area contributed by atoms with Gasteiger partial charge in [0, 0.05) is 39.4 Å². The first-order chi connectivity index (χ1) is 8.27. The molecule has 0 saturated carbocycles. The van der Waals surface area contributed by atoms with Crippen molar-refractivity contribution in [3.05, 3.63) is 0 Å². The predicted octanol–water partition coefficient (Wildman–Crippen LogP) is 1.11. The molecule has 2 atom stereocenters. The van der Waals surface area contributed by atoms with Crippen molar-refractivity contribution in [2.24, 2.45) is 0 Å². The van der Waals surface area contributed by atoms with Crippen molar-refractivity contribution < 1.29 is 9.47 Å². The fourth-order valence-electron chi connectivity index (χ4n) is 2.29. The van der Waals surface area contributed by atoms with Gasteiger partial charge in [-0.15, -0.1) is 0 Å². The molecule has 0 aromatic heterocycles. The molecule has 0 amide bonds. The minimum atomic E-state index is 0.441. The average Bonchev–Trinajstić information content (AvgIpc) is 2.83. The Hall–Kier alpha value is -0.160. The molecule has 102 valence electrons. The van der Waals surface area contributed by atoms with Crippen LogP contribution in [0.1, 0.15) is 26.7 Å². The van der Waals surface area contributed by atoms with Crippen LogP contribution >= 0.6 is 0 Å². The first-order valence-corrected chi connectivity index (χ1v) is 6.83. The van der Waals surface area contributed by atoms with Crippen LogP contribution in [0.25, 0.3) is 0 Å². The molecule has 1 heterocycles. The van der Waals surface area contributed by atoms with Crippen LogP contribution in [0.2, 0.25) is 0 Å². The Morgan fingerprint density at radius 1 is 1.53 bits per heavy atom. The van der Waals surface area contributed by atoms with E-state index in [1.807, 2.05) is 0 Å². The summed E-state index contributed by atoms with van der Waals surface area (Å²) in [4.78, 5) is 2.44. The largest absolute Gasteiger partial charge is 0.383 e. The van der Waals surface area contributed by atoms with Gasteiger partial charge in [-0.2, -0.15) is 0 Å². The molecule has 0 aromatic carbocycles. The van der Waals surface area contributed by atoms with Crippen LogP contribution in [0.4, 0.5) is 0 Å². The predicted molar refractivity (Wildman–Crippen MR) is 70.4 cm³/mol. The van der Waals surface area contributed by atoms with E-state index in [-0.39, 0.29) is 0 Å². The summed E-state index contributed by atoms with van der Waals surface area (Å²) in [5.74, 6) is 0. The van der Waals surface area contributed by atoms with Crippen LogP contribution in [-0.2, 0) is 9.47 Å². The smallest absolute Gasteiger partial charge is 0.0700 e. The second kappa shape index (κ2) is 8.86. The number of nitrogens with zero attached hydrogens (tertiary/aromatic N) is 1. The Morgan fingerprint density at radius 3 is 2.94 bits per heavy atom. The molecule has 2 unspecified atom stereocenters. The summed E-state index contributed by atoms with van der Waals surface area (Å²) in [5.41, 5.74) is 0. The van der Waals surface area contributed by atoms with Crippen LogP contribution < -0.4 is 5.32 Å². The van der Waals surface area contributed by atoms with Crippen molar-refractivity contribution in [3.8, 4) is 0 Å². The van der Waals surface area contributed by atoms with Gasteiger partial charge < -0.3 is 14.8 Å². The number of nitrogens with one attached hydrogen (secondary N) is 1. The minimum Gasteiger partial charge on any atom is -0.383 e. The molecule has 0 aromatic rings.